The molecule has 1 fully saturated rings. The summed E-state index contributed by atoms with van der Waals surface area (Å²) in [6.45, 7) is 0.426. The van der Waals surface area contributed by atoms with Gasteiger partial charge in [0.2, 0.25) is 11.8 Å². The van der Waals surface area contributed by atoms with Gasteiger partial charge >= 0.3 is 0 Å². The van der Waals surface area contributed by atoms with Crippen LogP contribution in [0.15, 0.2) is 30.6 Å². The average molecular weight is 387 g/mol. The highest BCUT2D eigenvalue weighted by Crippen LogP contribution is 2.33. The van der Waals surface area contributed by atoms with Crippen molar-refractivity contribution in [2.24, 2.45) is 5.92 Å². The molecule has 140 valence electrons. The van der Waals surface area contributed by atoms with Crippen LogP contribution in [-0.4, -0.2) is 41.2 Å². The van der Waals surface area contributed by atoms with Gasteiger partial charge < -0.3 is 19.8 Å². The highest BCUT2D eigenvalue weighted by Gasteiger charge is 2.43. The Balaban J connectivity index is 1.53. The lowest BCUT2D eigenvalue weighted by Gasteiger charge is -2.05. The smallest absolute Gasteiger partial charge is 0.232 e. The Kier molecular flexibility index (Phi) is 4.72. The van der Waals surface area contributed by atoms with Crippen molar-refractivity contribution in [1.82, 2.24) is 20.3 Å². The lowest BCUT2D eigenvalue weighted by atomic mass is 10.1. The second-order valence-electron chi connectivity index (χ2n) is 6.49. The number of fused-ring (bicyclic) bond motifs is 1. The van der Waals surface area contributed by atoms with Gasteiger partial charge in [-0.2, -0.15) is 0 Å². The van der Waals surface area contributed by atoms with Crippen LogP contribution in [-0.2, 0) is 16.1 Å². The number of carbonyl (C=O) groups excluding carboxylic acids is 1. The number of H-pyrrole nitrogens is 1. The standard InChI is InChI=1S/C19H19ClN4O3/c1-26-17-6-13(17)19(25)23-7-11-3-10-4-14(20)12(5-15(10)24-11)16-8-22-18(27-2)9-21-16/h3-5,8-9,13,17,24H,6-7H2,1-2H3,(H,23,25). The van der Waals surface area contributed by atoms with Crippen molar-refractivity contribution in [2.75, 3.05) is 14.2 Å². The van der Waals surface area contributed by atoms with E-state index in [0.717, 1.165) is 28.6 Å². The number of nitrogens with one attached hydrogen (secondary N) is 2. The van der Waals surface area contributed by atoms with Crippen LogP contribution in [0.2, 0.25) is 5.02 Å². The van der Waals surface area contributed by atoms with Gasteiger partial charge in [0, 0.05) is 29.3 Å². The SMILES string of the molecule is COc1cnc(-c2cc3[nH]c(CNC(=O)C4CC4OC)cc3cc2Cl)cn1. The van der Waals surface area contributed by atoms with Crippen LogP contribution in [0.25, 0.3) is 22.2 Å². The van der Waals surface area contributed by atoms with Gasteiger partial charge in [0.25, 0.3) is 0 Å². The molecule has 3 aromatic rings. The van der Waals surface area contributed by atoms with E-state index in [9.17, 15) is 4.79 Å². The number of aromatic nitrogens is 3. The van der Waals surface area contributed by atoms with Gasteiger partial charge in [0.05, 0.1) is 48.8 Å². The van der Waals surface area contributed by atoms with Crippen molar-refractivity contribution in [2.45, 2.75) is 19.1 Å². The molecule has 7 nitrogen and oxygen atoms in total. The Morgan fingerprint density at radius 1 is 1.30 bits per heavy atom. The van der Waals surface area contributed by atoms with Crippen molar-refractivity contribution in [3.63, 3.8) is 0 Å². The first-order valence-corrected chi connectivity index (χ1v) is 8.95. The lowest BCUT2D eigenvalue weighted by Crippen LogP contribution is -2.25. The van der Waals surface area contributed by atoms with E-state index in [1.165, 1.54) is 0 Å². The number of methoxy groups -OCH3 is 2. The van der Waals surface area contributed by atoms with Crippen molar-refractivity contribution in [3.8, 4) is 17.1 Å². The third-order valence-corrected chi connectivity index (χ3v) is 5.01. The van der Waals surface area contributed by atoms with Gasteiger partial charge in [-0.3, -0.25) is 4.79 Å². The first-order chi connectivity index (χ1) is 13.1. The molecule has 1 aromatic carbocycles. The fourth-order valence-electron chi connectivity index (χ4n) is 3.09. The summed E-state index contributed by atoms with van der Waals surface area (Å²) in [6, 6.07) is 5.79. The second kappa shape index (κ2) is 7.17. The zero-order valence-corrected chi connectivity index (χ0v) is 15.7. The highest BCUT2D eigenvalue weighted by molar-refractivity contribution is 6.34. The average Bonchev–Trinajstić information content (AvgIpc) is 3.38. The summed E-state index contributed by atoms with van der Waals surface area (Å²) < 4.78 is 10.2. The zero-order chi connectivity index (χ0) is 19.0. The Labute approximate surface area is 161 Å². The second-order valence-corrected chi connectivity index (χ2v) is 6.90. The molecule has 1 saturated carbocycles. The summed E-state index contributed by atoms with van der Waals surface area (Å²) in [5.41, 5.74) is 3.25. The summed E-state index contributed by atoms with van der Waals surface area (Å²) in [5.74, 6) is 0.432. The minimum Gasteiger partial charge on any atom is -0.480 e. The Morgan fingerprint density at radius 3 is 2.81 bits per heavy atom. The third-order valence-electron chi connectivity index (χ3n) is 4.70. The van der Waals surface area contributed by atoms with Crippen LogP contribution < -0.4 is 10.1 Å². The minimum atomic E-state index is -0.0333. The van der Waals surface area contributed by atoms with Crippen LogP contribution in [0.3, 0.4) is 0 Å². The van der Waals surface area contributed by atoms with E-state index >= 15 is 0 Å². The van der Waals surface area contributed by atoms with E-state index in [0.29, 0.717) is 23.1 Å². The number of rotatable bonds is 6. The van der Waals surface area contributed by atoms with Crippen LogP contribution >= 0.6 is 11.6 Å². The molecule has 2 aromatic heterocycles. The van der Waals surface area contributed by atoms with Crippen LogP contribution in [0, 0.1) is 5.92 Å². The maximum Gasteiger partial charge on any atom is 0.232 e. The molecular weight excluding hydrogens is 368 g/mol. The van der Waals surface area contributed by atoms with Crippen LogP contribution in [0.5, 0.6) is 5.88 Å². The predicted octanol–water partition coefficient (Wildman–Crippen LogP) is 2.94. The summed E-state index contributed by atoms with van der Waals surface area (Å²) in [4.78, 5) is 23.9. The molecule has 0 radical (unpaired) electrons. The van der Waals surface area contributed by atoms with E-state index in [1.807, 2.05) is 18.2 Å². The quantitative estimate of drug-likeness (QED) is 0.680. The van der Waals surface area contributed by atoms with Gasteiger partial charge in [0.15, 0.2) is 0 Å². The number of hydrogen-bond acceptors (Lipinski definition) is 5. The fraction of sp³-hybridized carbons (Fsp3) is 0.316. The predicted molar refractivity (Wildman–Crippen MR) is 102 cm³/mol. The molecule has 2 unspecified atom stereocenters. The van der Waals surface area contributed by atoms with Crippen molar-refractivity contribution in [1.29, 1.82) is 0 Å². The molecule has 0 saturated heterocycles. The Morgan fingerprint density at radius 2 is 2.15 bits per heavy atom. The van der Waals surface area contributed by atoms with Crippen molar-refractivity contribution >= 4 is 28.4 Å². The molecule has 2 atom stereocenters. The number of halogens is 1. The molecule has 0 aliphatic heterocycles. The molecule has 1 amide bonds. The van der Waals surface area contributed by atoms with Gasteiger partial charge in [0.1, 0.15) is 0 Å². The zero-order valence-electron chi connectivity index (χ0n) is 15.0. The first-order valence-electron chi connectivity index (χ1n) is 8.57. The summed E-state index contributed by atoms with van der Waals surface area (Å²) in [6.07, 6.45) is 4.02. The molecular formula is C19H19ClN4O3. The monoisotopic (exact) mass is 386 g/mol. The van der Waals surface area contributed by atoms with Gasteiger partial charge in [-0.25, -0.2) is 9.97 Å². The molecule has 0 spiro atoms. The van der Waals surface area contributed by atoms with Gasteiger partial charge in [-0.15, -0.1) is 0 Å². The van der Waals surface area contributed by atoms with E-state index in [1.54, 1.807) is 26.6 Å². The first kappa shape index (κ1) is 17.8. The third kappa shape index (κ3) is 3.61. The Hall–Kier alpha value is -2.64. The maximum atomic E-state index is 12.1. The minimum absolute atomic E-state index is 0.0211. The van der Waals surface area contributed by atoms with Crippen molar-refractivity contribution in [3.05, 3.63) is 41.3 Å². The van der Waals surface area contributed by atoms with E-state index in [4.69, 9.17) is 21.1 Å². The van der Waals surface area contributed by atoms with E-state index < -0.39 is 0 Å². The maximum absolute atomic E-state index is 12.1. The van der Waals surface area contributed by atoms with Crippen molar-refractivity contribution < 1.29 is 14.3 Å². The summed E-state index contributed by atoms with van der Waals surface area (Å²) >= 11 is 6.43. The topological polar surface area (TPSA) is 89.1 Å². The lowest BCUT2D eigenvalue weighted by molar-refractivity contribution is -0.123. The molecule has 1 aliphatic rings. The van der Waals surface area contributed by atoms with Gasteiger partial charge in [-0.05, 0) is 24.6 Å². The molecule has 2 heterocycles. The normalized spacial score (nSPS) is 18.5. The van der Waals surface area contributed by atoms with Crippen LogP contribution in [0.1, 0.15) is 12.1 Å². The molecule has 1 aliphatic carbocycles. The van der Waals surface area contributed by atoms with Gasteiger partial charge in [-0.1, -0.05) is 11.6 Å². The molecule has 27 heavy (non-hydrogen) atoms. The largest absolute Gasteiger partial charge is 0.480 e. The summed E-state index contributed by atoms with van der Waals surface area (Å²) in [7, 11) is 3.17. The molecule has 8 heteroatoms. The van der Waals surface area contributed by atoms with Crippen LogP contribution in [0.4, 0.5) is 0 Å². The fourth-order valence-corrected chi connectivity index (χ4v) is 3.36. The number of amides is 1. The number of benzene rings is 1. The summed E-state index contributed by atoms with van der Waals surface area (Å²) in [5, 5.41) is 4.49. The molecule has 2 N–H and O–H groups in total. The Bertz CT molecular complexity index is 987. The number of nitrogens with zero attached hydrogens (tertiary/aromatic N) is 2. The number of hydrogen-bond donors (Lipinski definition) is 2. The number of carbonyl (C=O) groups is 1. The molecule has 0 bridgehead atoms. The number of ether oxygens (including phenoxy) is 2. The molecule has 4 rings (SSSR count). The highest BCUT2D eigenvalue weighted by atomic mass is 35.5. The number of aromatic amines is 1. The van der Waals surface area contributed by atoms with E-state index in [-0.39, 0.29) is 17.9 Å². The van der Waals surface area contributed by atoms with E-state index in [2.05, 4.69) is 20.3 Å².